The maximum Gasteiger partial charge on any atom is 0.262 e. The van der Waals surface area contributed by atoms with Crippen LogP contribution in [0.1, 0.15) is 6.42 Å². The molecule has 0 aliphatic carbocycles. The highest BCUT2D eigenvalue weighted by Gasteiger charge is 2.12. The second-order valence-corrected chi connectivity index (χ2v) is 5.93. The van der Waals surface area contributed by atoms with E-state index in [9.17, 15) is 9.59 Å². The lowest BCUT2D eigenvalue weighted by atomic mass is 10.2. The number of carbonyl (C=O) groups is 1. The molecule has 6 nitrogen and oxygen atoms in total. The number of nitrogens with one attached hydrogen (secondary N) is 1. The molecule has 7 heteroatoms. The van der Waals surface area contributed by atoms with Crippen LogP contribution in [-0.4, -0.2) is 41.5 Å². The molecule has 126 valence electrons. The van der Waals surface area contributed by atoms with E-state index >= 15 is 0 Å². The third-order valence-electron chi connectivity index (χ3n) is 3.28. The number of terminal acetylenes is 1. The number of amides is 1. The Morgan fingerprint density at radius 1 is 1.46 bits per heavy atom. The van der Waals surface area contributed by atoms with Crippen LogP contribution < -0.4 is 10.9 Å². The van der Waals surface area contributed by atoms with Crippen molar-refractivity contribution in [3.8, 4) is 12.3 Å². The van der Waals surface area contributed by atoms with Gasteiger partial charge in [0.25, 0.3) is 5.56 Å². The first-order valence-corrected chi connectivity index (χ1v) is 8.47. The SMILES string of the molecule is C#CCNC(=O)CSc1nc2ccccc2c(=O)n1CCCOC. The summed E-state index contributed by atoms with van der Waals surface area (Å²) in [7, 11) is 1.62. The van der Waals surface area contributed by atoms with Gasteiger partial charge in [0.15, 0.2) is 5.16 Å². The van der Waals surface area contributed by atoms with Crippen molar-refractivity contribution in [2.75, 3.05) is 26.0 Å². The molecule has 1 amide bonds. The summed E-state index contributed by atoms with van der Waals surface area (Å²) in [5.41, 5.74) is 0.514. The monoisotopic (exact) mass is 345 g/mol. The summed E-state index contributed by atoms with van der Waals surface area (Å²) in [5.74, 6) is 2.31. The van der Waals surface area contributed by atoms with E-state index in [1.807, 2.05) is 12.1 Å². The summed E-state index contributed by atoms with van der Waals surface area (Å²) in [5, 5.41) is 3.68. The lowest BCUT2D eigenvalue weighted by molar-refractivity contribution is -0.118. The second kappa shape index (κ2) is 9.11. The summed E-state index contributed by atoms with van der Waals surface area (Å²) in [6, 6.07) is 7.19. The van der Waals surface area contributed by atoms with E-state index in [2.05, 4.69) is 16.2 Å². The summed E-state index contributed by atoms with van der Waals surface area (Å²) in [6.07, 6.45) is 5.80. The highest BCUT2D eigenvalue weighted by Crippen LogP contribution is 2.18. The average Bonchev–Trinajstić information content (AvgIpc) is 2.60. The first-order chi connectivity index (χ1) is 11.7. The van der Waals surface area contributed by atoms with Crippen molar-refractivity contribution < 1.29 is 9.53 Å². The molecule has 0 spiro atoms. The number of para-hydroxylation sites is 1. The molecule has 1 aromatic carbocycles. The molecule has 0 radical (unpaired) electrons. The third-order valence-corrected chi connectivity index (χ3v) is 4.25. The van der Waals surface area contributed by atoms with Crippen LogP contribution in [0.5, 0.6) is 0 Å². The Labute approximate surface area is 144 Å². The van der Waals surface area contributed by atoms with Gasteiger partial charge in [-0.05, 0) is 18.6 Å². The summed E-state index contributed by atoms with van der Waals surface area (Å²) >= 11 is 1.22. The molecule has 0 aliphatic heterocycles. The number of carbonyl (C=O) groups excluding carboxylic acids is 1. The van der Waals surface area contributed by atoms with Crippen LogP contribution in [0.3, 0.4) is 0 Å². The van der Waals surface area contributed by atoms with Crippen LogP contribution in [0.4, 0.5) is 0 Å². The number of methoxy groups -OCH3 is 1. The van der Waals surface area contributed by atoms with Crippen LogP contribution in [0.15, 0.2) is 34.2 Å². The first-order valence-electron chi connectivity index (χ1n) is 7.49. The van der Waals surface area contributed by atoms with E-state index in [4.69, 9.17) is 11.2 Å². The Bertz CT molecular complexity index is 811. The maximum absolute atomic E-state index is 12.7. The molecule has 2 aromatic rings. The number of ether oxygens (including phenoxy) is 1. The molecule has 0 saturated carbocycles. The van der Waals surface area contributed by atoms with Crippen molar-refractivity contribution in [3.05, 3.63) is 34.6 Å². The molecule has 0 bridgehead atoms. The van der Waals surface area contributed by atoms with Crippen molar-refractivity contribution in [1.82, 2.24) is 14.9 Å². The van der Waals surface area contributed by atoms with Crippen LogP contribution in [0, 0.1) is 12.3 Å². The van der Waals surface area contributed by atoms with E-state index in [0.29, 0.717) is 35.6 Å². The predicted octanol–water partition coefficient (Wildman–Crippen LogP) is 1.27. The minimum atomic E-state index is -0.191. The molecule has 0 unspecified atom stereocenters. The fourth-order valence-electron chi connectivity index (χ4n) is 2.15. The first kappa shape index (κ1) is 18.0. The fourth-order valence-corrected chi connectivity index (χ4v) is 3.01. The number of fused-ring (bicyclic) bond motifs is 1. The Balaban J connectivity index is 2.28. The molecule has 1 aromatic heterocycles. The highest BCUT2D eigenvalue weighted by atomic mass is 32.2. The van der Waals surface area contributed by atoms with E-state index in [0.717, 1.165) is 0 Å². The van der Waals surface area contributed by atoms with Gasteiger partial charge in [-0.2, -0.15) is 0 Å². The largest absolute Gasteiger partial charge is 0.385 e. The lowest BCUT2D eigenvalue weighted by Gasteiger charge is -2.12. The molecular weight excluding hydrogens is 326 g/mol. The van der Waals surface area contributed by atoms with Gasteiger partial charge >= 0.3 is 0 Å². The standard InChI is InChI=1S/C17H19N3O3S/c1-3-9-18-15(21)12-24-17-19-14-8-5-4-7-13(14)16(22)20(17)10-6-11-23-2/h1,4-5,7-8H,6,9-12H2,2H3,(H,18,21). The van der Waals surface area contributed by atoms with Gasteiger partial charge in [0, 0.05) is 20.3 Å². The van der Waals surface area contributed by atoms with Crippen molar-refractivity contribution >= 4 is 28.6 Å². The van der Waals surface area contributed by atoms with Crippen LogP contribution in [-0.2, 0) is 16.1 Å². The highest BCUT2D eigenvalue weighted by molar-refractivity contribution is 7.99. The zero-order valence-corrected chi connectivity index (χ0v) is 14.3. The van der Waals surface area contributed by atoms with Crippen LogP contribution in [0.2, 0.25) is 0 Å². The minimum Gasteiger partial charge on any atom is -0.385 e. The van der Waals surface area contributed by atoms with E-state index in [1.54, 1.807) is 23.8 Å². The predicted molar refractivity (Wildman–Crippen MR) is 95.1 cm³/mol. The number of hydrogen-bond acceptors (Lipinski definition) is 5. The molecular formula is C17H19N3O3S. The number of thioether (sulfide) groups is 1. The minimum absolute atomic E-state index is 0.108. The molecule has 1 heterocycles. The van der Waals surface area contributed by atoms with Crippen molar-refractivity contribution in [2.24, 2.45) is 0 Å². The fraction of sp³-hybridized carbons (Fsp3) is 0.353. The number of rotatable bonds is 8. The van der Waals surface area contributed by atoms with Crippen LogP contribution >= 0.6 is 11.8 Å². The van der Waals surface area contributed by atoms with Gasteiger partial charge in [0.1, 0.15) is 0 Å². The molecule has 0 aliphatic rings. The Morgan fingerprint density at radius 3 is 3.00 bits per heavy atom. The molecule has 0 atom stereocenters. The zero-order chi connectivity index (χ0) is 17.4. The molecule has 0 fully saturated rings. The number of aromatic nitrogens is 2. The van der Waals surface area contributed by atoms with E-state index in [-0.39, 0.29) is 23.8 Å². The second-order valence-electron chi connectivity index (χ2n) is 4.98. The molecule has 24 heavy (non-hydrogen) atoms. The topological polar surface area (TPSA) is 73.2 Å². The molecule has 1 N–H and O–H groups in total. The maximum atomic E-state index is 12.7. The van der Waals surface area contributed by atoms with Crippen molar-refractivity contribution in [1.29, 1.82) is 0 Å². The quantitative estimate of drug-likeness (QED) is 0.338. The van der Waals surface area contributed by atoms with E-state index < -0.39 is 0 Å². The van der Waals surface area contributed by atoms with Crippen molar-refractivity contribution in [2.45, 2.75) is 18.1 Å². The number of hydrogen-bond donors (Lipinski definition) is 1. The Kier molecular flexibility index (Phi) is 6.85. The normalized spacial score (nSPS) is 10.5. The van der Waals surface area contributed by atoms with Crippen molar-refractivity contribution in [3.63, 3.8) is 0 Å². The number of nitrogens with zero attached hydrogens (tertiary/aromatic N) is 2. The Hall–Kier alpha value is -2.30. The van der Waals surface area contributed by atoms with Gasteiger partial charge in [-0.15, -0.1) is 6.42 Å². The Morgan fingerprint density at radius 2 is 2.25 bits per heavy atom. The average molecular weight is 345 g/mol. The molecule has 0 saturated heterocycles. The smallest absolute Gasteiger partial charge is 0.262 e. The van der Waals surface area contributed by atoms with Gasteiger partial charge in [0.2, 0.25) is 5.91 Å². The summed E-state index contributed by atoms with van der Waals surface area (Å²) < 4.78 is 6.65. The third kappa shape index (κ3) is 4.60. The van der Waals surface area contributed by atoms with Gasteiger partial charge in [-0.3, -0.25) is 14.2 Å². The van der Waals surface area contributed by atoms with Gasteiger partial charge < -0.3 is 10.1 Å². The van der Waals surface area contributed by atoms with E-state index in [1.165, 1.54) is 11.8 Å². The van der Waals surface area contributed by atoms with Gasteiger partial charge in [0.05, 0.1) is 23.2 Å². The van der Waals surface area contributed by atoms with Gasteiger partial charge in [-0.1, -0.05) is 29.8 Å². The number of benzene rings is 1. The molecule has 2 rings (SSSR count). The zero-order valence-electron chi connectivity index (χ0n) is 13.4. The summed E-state index contributed by atoms with van der Waals surface area (Å²) in [4.78, 5) is 29.0. The van der Waals surface area contributed by atoms with Gasteiger partial charge in [-0.25, -0.2) is 4.98 Å². The lowest BCUT2D eigenvalue weighted by Crippen LogP contribution is -2.27. The van der Waals surface area contributed by atoms with Crippen LogP contribution in [0.25, 0.3) is 10.9 Å². The summed E-state index contributed by atoms with van der Waals surface area (Å²) in [6.45, 7) is 1.22.